The summed E-state index contributed by atoms with van der Waals surface area (Å²) >= 11 is 0. The first-order valence-corrected chi connectivity index (χ1v) is 10.5. The van der Waals surface area contributed by atoms with Gasteiger partial charge in [0.05, 0.1) is 41.9 Å². The quantitative estimate of drug-likeness (QED) is 0.288. The summed E-state index contributed by atoms with van der Waals surface area (Å²) in [4.78, 5) is 17.3. The van der Waals surface area contributed by atoms with Gasteiger partial charge in [-0.1, -0.05) is 0 Å². The molecule has 34 heavy (non-hydrogen) atoms. The van der Waals surface area contributed by atoms with Gasteiger partial charge in [-0.3, -0.25) is 10.3 Å². The molecule has 4 heterocycles. The maximum atomic E-state index is 10.2. The van der Waals surface area contributed by atoms with Crippen LogP contribution in [0, 0.1) is 18.3 Å². The minimum atomic E-state index is -0.989. The van der Waals surface area contributed by atoms with Crippen molar-refractivity contribution >= 4 is 22.5 Å². The molecule has 0 aliphatic carbocycles. The fourth-order valence-electron chi connectivity index (χ4n) is 3.23. The van der Waals surface area contributed by atoms with Gasteiger partial charge in [-0.15, -0.1) is 0 Å². The molecule has 0 fully saturated rings. The van der Waals surface area contributed by atoms with Crippen molar-refractivity contribution in [2.45, 2.75) is 26.2 Å². The van der Waals surface area contributed by atoms with E-state index in [1.807, 2.05) is 20.0 Å². The number of anilines is 2. The van der Waals surface area contributed by atoms with Gasteiger partial charge < -0.3 is 24.8 Å². The highest BCUT2D eigenvalue weighted by molar-refractivity contribution is 5.88. The molecular formula is C23H24N8O3. The summed E-state index contributed by atoms with van der Waals surface area (Å²) in [7, 11) is 1.84. The van der Waals surface area contributed by atoms with Crippen molar-refractivity contribution in [1.82, 2.24) is 29.8 Å². The van der Waals surface area contributed by atoms with Gasteiger partial charge in [-0.2, -0.15) is 10.2 Å². The number of aliphatic hydroxyl groups excluding tert-OH is 2. The highest BCUT2D eigenvalue weighted by atomic mass is 16.5. The van der Waals surface area contributed by atoms with Crippen molar-refractivity contribution in [2.24, 2.45) is 7.05 Å². The predicted octanol–water partition coefficient (Wildman–Crippen LogP) is 2.44. The van der Waals surface area contributed by atoms with Gasteiger partial charge in [0.25, 0.3) is 0 Å². The third-order valence-electron chi connectivity index (χ3n) is 4.99. The lowest BCUT2D eigenvalue weighted by molar-refractivity contribution is 0.106. The molecule has 0 saturated carbocycles. The van der Waals surface area contributed by atoms with Crippen LogP contribution in [0.1, 0.15) is 30.1 Å². The molecule has 0 spiro atoms. The van der Waals surface area contributed by atoms with Crippen LogP contribution in [-0.4, -0.2) is 47.4 Å². The number of hydrogen-bond acceptors (Lipinski definition) is 10. The standard InChI is InChI=1S/C23H24N8O3/c1-13-6-16(8-24)25-11-19(13)34-20-7-18(21-22(30-20)31(3)12-28-21)29-15-4-5-17(26-10-15)23(33)27-9-14(2)32/h4-7,10-12,14,23,27,32-33H,9H2,1-3H3,(H,29,30). The number of aromatic nitrogens is 5. The Kier molecular flexibility index (Phi) is 6.65. The van der Waals surface area contributed by atoms with E-state index in [2.05, 4.69) is 30.6 Å². The Bertz CT molecular complexity index is 1350. The zero-order chi connectivity index (χ0) is 24.2. The smallest absolute Gasteiger partial charge is 0.223 e. The van der Waals surface area contributed by atoms with Crippen LogP contribution in [-0.2, 0) is 7.05 Å². The number of hydrogen-bond donors (Lipinski definition) is 4. The molecule has 11 nitrogen and oxygen atoms in total. The molecule has 174 valence electrons. The summed E-state index contributed by atoms with van der Waals surface area (Å²) in [5.74, 6) is 0.819. The molecule has 4 N–H and O–H groups in total. The van der Waals surface area contributed by atoms with Gasteiger partial charge in [0.15, 0.2) is 11.4 Å². The number of rotatable bonds is 8. The minimum Gasteiger partial charge on any atom is -0.437 e. The number of pyridine rings is 3. The summed E-state index contributed by atoms with van der Waals surface area (Å²) in [6.07, 6.45) is 3.18. The van der Waals surface area contributed by atoms with Crippen molar-refractivity contribution < 1.29 is 14.9 Å². The van der Waals surface area contributed by atoms with Crippen LogP contribution in [0.5, 0.6) is 11.6 Å². The number of aliphatic hydroxyl groups is 2. The van der Waals surface area contributed by atoms with Crippen molar-refractivity contribution in [2.75, 3.05) is 11.9 Å². The molecule has 2 atom stereocenters. The average molecular weight is 460 g/mol. The first kappa shape index (κ1) is 23.1. The van der Waals surface area contributed by atoms with Crippen molar-refractivity contribution in [3.63, 3.8) is 0 Å². The van der Waals surface area contributed by atoms with Gasteiger partial charge in [0.2, 0.25) is 5.88 Å². The fourth-order valence-corrected chi connectivity index (χ4v) is 3.23. The Labute approximate surface area is 195 Å². The summed E-state index contributed by atoms with van der Waals surface area (Å²) in [5.41, 5.74) is 4.08. The van der Waals surface area contributed by atoms with Crippen molar-refractivity contribution in [1.29, 1.82) is 5.26 Å². The van der Waals surface area contributed by atoms with E-state index in [1.165, 1.54) is 6.20 Å². The van der Waals surface area contributed by atoms with Crippen LogP contribution in [0.25, 0.3) is 11.2 Å². The van der Waals surface area contributed by atoms with Crippen molar-refractivity contribution in [3.8, 4) is 17.7 Å². The lowest BCUT2D eigenvalue weighted by atomic mass is 10.2. The number of ether oxygens (including phenoxy) is 1. The summed E-state index contributed by atoms with van der Waals surface area (Å²) in [5, 5.41) is 34.6. The predicted molar refractivity (Wildman–Crippen MR) is 124 cm³/mol. The van der Waals surface area contributed by atoms with Crippen LogP contribution in [0.4, 0.5) is 11.4 Å². The van der Waals surface area contributed by atoms with E-state index < -0.39 is 12.3 Å². The number of nitrogens with zero attached hydrogens (tertiary/aromatic N) is 6. The van der Waals surface area contributed by atoms with Gasteiger partial charge in [0.1, 0.15) is 23.5 Å². The lowest BCUT2D eigenvalue weighted by Gasteiger charge is -2.15. The van der Waals surface area contributed by atoms with Crippen molar-refractivity contribution in [3.05, 3.63) is 59.9 Å². The molecule has 0 bridgehead atoms. The Balaban J connectivity index is 1.59. The number of imidazole rings is 1. The molecular weight excluding hydrogens is 436 g/mol. The monoisotopic (exact) mass is 460 g/mol. The number of aryl methyl sites for hydroxylation is 2. The van der Waals surface area contributed by atoms with Gasteiger partial charge in [0, 0.05) is 19.7 Å². The molecule has 4 rings (SSSR count). The number of nitrogens with one attached hydrogen (secondary N) is 2. The number of nitriles is 1. The van der Waals surface area contributed by atoms with E-state index in [1.54, 1.807) is 48.3 Å². The zero-order valence-corrected chi connectivity index (χ0v) is 18.9. The molecule has 0 aliphatic heterocycles. The minimum absolute atomic E-state index is 0.245. The second-order valence-corrected chi connectivity index (χ2v) is 7.84. The van der Waals surface area contributed by atoms with E-state index >= 15 is 0 Å². The maximum Gasteiger partial charge on any atom is 0.223 e. The Hall–Kier alpha value is -4.11. The molecule has 0 radical (unpaired) electrons. The molecule has 2 unspecified atom stereocenters. The normalized spacial score (nSPS) is 12.8. The Morgan fingerprint density at radius 2 is 2.00 bits per heavy atom. The molecule has 11 heteroatoms. The Morgan fingerprint density at radius 3 is 2.68 bits per heavy atom. The summed E-state index contributed by atoms with van der Waals surface area (Å²) in [6, 6.07) is 8.84. The zero-order valence-electron chi connectivity index (χ0n) is 18.9. The molecule has 0 amide bonds. The first-order chi connectivity index (χ1) is 16.3. The van der Waals surface area contributed by atoms with Crippen LogP contribution in [0.2, 0.25) is 0 Å². The maximum absolute atomic E-state index is 10.2. The Morgan fingerprint density at radius 1 is 1.18 bits per heavy atom. The molecule has 0 aromatic carbocycles. The molecule has 4 aromatic rings. The van der Waals surface area contributed by atoms with E-state index in [4.69, 9.17) is 10.00 Å². The largest absolute Gasteiger partial charge is 0.437 e. The van der Waals surface area contributed by atoms with E-state index in [0.717, 1.165) is 5.56 Å². The molecule has 0 aliphatic rings. The molecule has 4 aromatic heterocycles. The SMILES string of the molecule is Cc1cc(C#N)ncc1Oc1cc(Nc2ccc(C(O)NCC(C)O)nc2)c2ncn(C)c2n1. The third kappa shape index (κ3) is 5.10. The van der Waals surface area contributed by atoms with Gasteiger partial charge in [-0.05, 0) is 37.6 Å². The van der Waals surface area contributed by atoms with Crippen LogP contribution in [0.15, 0.2) is 43.0 Å². The van der Waals surface area contributed by atoms with Gasteiger partial charge in [-0.25, -0.2) is 9.97 Å². The highest BCUT2D eigenvalue weighted by Gasteiger charge is 2.14. The lowest BCUT2D eigenvalue weighted by Crippen LogP contribution is -2.29. The second kappa shape index (κ2) is 9.80. The summed E-state index contributed by atoms with van der Waals surface area (Å²) < 4.78 is 7.76. The van der Waals surface area contributed by atoms with E-state index in [9.17, 15) is 10.2 Å². The molecule has 0 saturated heterocycles. The van der Waals surface area contributed by atoms with Crippen LogP contribution >= 0.6 is 0 Å². The average Bonchev–Trinajstić information content (AvgIpc) is 3.20. The summed E-state index contributed by atoms with van der Waals surface area (Å²) in [6.45, 7) is 3.70. The van der Waals surface area contributed by atoms with E-state index in [0.29, 0.717) is 45.6 Å². The number of fused-ring (bicyclic) bond motifs is 1. The first-order valence-electron chi connectivity index (χ1n) is 10.5. The highest BCUT2D eigenvalue weighted by Crippen LogP contribution is 2.31. The third-order valence-corrected chi connectivity index (χ3v) is 4.99. The fraction of sp³-hybridized carbons (Fsp3) is 0.261. The van der Waals surface area contributed by atoms with Gasteiger partial charge >= 0.3 is 0 Å². The second-order valence-electron chi connectivity index (χ2n) is 7.84. The van der Waals surface area contributed by atoms with Crippen LogP contribution < -0.4 is 15.4 Å². The topological polar surface area (TPSA) is 154 Å². The van der Waals surface area contributed by atoms with Crippen LogP contribution in [0.3, 0.4) is 0 Å². The van der Waals surface area contributed by atoms with E-state index in [-0.39, 0.29) is 6.54 Å².